The van der Waals surface area contributed by atoms with E-state index in [2.05, 4.69) is 41.2 Å². The zero-order valence-electron chi connectivity index (χ0n) is 24.1. The van der Waals surface area contributed by atoms with Gasteiger partial charge in [-0.1, -0.05) is 39.8 Å². The molecule has 11 atom stereocenters. The van der Waals surface area contributed by atoms with Crippen LogP contribution in [0.25, 0.3) is 0 Å². The van der Waals surface area contributed by atoms with Gasteiger partial charge in [0.1, 0.15) is 0 Å². The molecule has 0 amide bonds. The maximum absolute atomic E-state index is 12.8. The van der Waals surface area contributed by atoms with Crippen LogP contribution in [0, 0.1) is 56.7 Å². The highest BCUT2D eigenvalue weighted by Gasteiger charge is 2.72. The molecule has 5 heteroatoms. The smallest absolute Gasteiger partial charge is 0.309 e. The van der Waals surface area contributed by atoms with Gasteiger partial charge in [-0.3, -0.25) is 9.59 Å². The Morgan fingerprint density at radius 3 is 2.19 bits per heavy atom. The summed E-state index contributed by atoms with van der Waals surface area (Å²) in [5, 5.41) is 21.7. The first kappa shape index (κ1) is 27.2. The van der Waals surface area contributed by atoms with E-state index >= 15 is 0 Å². The topological polar surface area (TPSA) is 83.8 Å². The molecular formula is C32H50O5. The highest BCUT2D eigenvalue weighted by Crippen LogP contribution is 2.77. The van der Waals surface area contributed by atoms with Gasteiger partial charge in [-0.05, 0) is 117 Å². The number of hydrogen-bond donors (Lipinski definition) is 2. The Morgan fingerprint density at radius 2 is 1.57 bits per heavy atom. The van der Waals surface area contributed by atoms with Crippen molar-refractivity contribution in [3.05, 3.63) is 12.2 Å². The molecule has 5 fully saturated rings. The van der Waals surface area contributed by atoms with Gasteiger partial charge in [-0.25, -0.2) is 0 Å². The first-order valence-electron chi connectivity index (χ1n) is 14.9. The average molecular weight is 515 g/mol. The number of hydrogen-bond acceptors (Lipinski definition) is 4. The number of carbonyl (C=O) groups is 2. The van der Waals surface area contributed by atoms with Crippen molar-refractivity contribution in [2.24, 2.45) is 56.7 Å². The number of fused-ring (bicyclic) bond motifs is 7. The molecule has 0 aromatic carbocycles. The van der Waals surface area contributed by atoms with Gasteiger partial charge in [0.15, 0.2) is 0 Å². The Morgan fingerprint density at radius 1 is 0.865 bits per heavy atom. The number of aliphatic carboxylic acids is 1. The van der Waals surface area contributed by atoms with Crippen LogP contribution < -0.4 is 0 Å². The molecule has 0 aromatic rings. The van der Waals surface area contributed by atoms with Gasteiger partial charge in [0, 0.05) is 12.3 Å². The Kier molecular flexibility index (Phi) is 6.30. The summed E-state index contributed by atoms with van der Waals surface area (Å²) in [6, 6.07) is 0. The van der Waals surface area contributed by atoms with Gasteiger partial charge in [-0.2, -0.15) is 0 Å². The lowest BCUT2D eigenvalue weighted by Gasteiger charge is -2.72. The van der Waals surface area contributed by atoms with Crippen LogP contribution >= 0.6 is 0 Å². The molecule has 5 rings (SSSR count). The van der Waals surface area contributed by atoms with Gasteiger partial charge in [0.05, 0.1) is 18.1 Å². The minimum atomic E-state index is -0.588. The predicted molar refractivity (Wildman–Crippen MR) is 144 cm³/mol. The van der Waals surface area contributed by atoms with Crippen molar-refractivity contribution in [3.63, 3.8) is 0 Å². The van der Waals surface area contributed by atoms with E-state index in [0.29, 0.717) is 23.7 Å². The van der Waals surface area contributed by atoms with Crippen LogP contribution in [0.2, 0.25) is 0 Å². The van der Waals surface area contributed by atoms with Crippen LogP contribution in [0.15, 0.2) is 12.2 Å². The van der Waals surface area contributed by atoms with E-state index in [-0.39, 0.29) is 34.7 Å². The van der Waals surface area contributed by atoms with Crippen molar-refractivity contribution >= 4 is 11.9 Å². The fourth-order valence-corrected chi connectivity index (χ4v) is 11.8. The third-order valence-electron chi connectivity index (χ3n) is 13.9. The van der Waals surface area contributed by atoms with Crippen LogP contribution in [0.1, 0.15) is 106 Å². The third-order valence-corrected chi connectivity index (χ3v) is 13.9. The highest BCUT2D eigenvalue weighted by atomic mass is 16.5. The van der Waals surface area contributed by atoms with Crippen molar-refractivity contribution in [1.29, 1.82) is 0 Å². The molecule has 208 valence electrons. The largest absolute Gasteiger partial charge is 0.481 e. The second kappa shape index (κ2) is 8.57. The number of carboxylic acid groups (broad SMARTS) is 1. The molecule has 5 aliphatic carbocycles. The molecule has 3 unspecified atom stereocenters. The minimum Gasteiger partial charge on any atom is -0.481 e. The number of aliphatic hydroxyl groups is 1. The first-order valence-corrected chi connectivity index (χ1v) is 14.9. The van der Waals surface area contributed by atoms with Crippen LogP contribution in [-0.2, 0) is 14.3 Å². The van der Waals surface area contributed by atoms with Crippen molar-refractivity contribution in [2.45, 2.75) is 112 Å². The Labute approximate surface area is 223 Å². The van der Waals surface area contributed by atoms with Gasteiger partial charge in [0.25, 0.3) is 0 Å². The van der Waals surface area contributed by atoms with E-state index in [1.165, 1.54) is 12.5 Å². The molecule has 0 bridgehead atoms. The summed E-state index contributed by atoms with van der Waals surface area (Å²) in [5.74, 6) is 0.876. The first-order chi connectivity index (χ1) is 17.2. The second-order valence-electron chi connectivity index (χ2n) is 15.0. The molecule has 0 radical (unpaired) electrons. The zero-order chi connectivity index (χ0) is 27.2. The van der Waals surface area contributed by atoms with E-state index in [1.54, 1.807) is 0 Å². The summed E-state index contributed by atoms with van der Waals surface area (Å²) in [5.41, 5.74) is 0.435. The number of ether oxygens (including phenoxy) is 1. The molecule has 2 N–H and O–H groups in total. The molecule has 0 spiro atoms. The quantitative estimate of drug-likeness (QED) is 0.325. The SMILES string of the molecule is C=C(C)[C@@H]1CC[C@]2(C(=O)O)CC[C@]3(C)C(CC[C@@H]4[C@@]5(C)CCC(O)C(C)(COC(C)=O)[C@@H]5CC[C@]43C)[C@@H]12. The highest BCUT2D eigenvalue weighted by molar-refractivity contribution is 5.76. The van der Waals surface area contributed by atoms with Crippen LogP contribution in [0.4, 0.5) is 0 Å². The lowest BCUT2D eigenvalue weighted by atomic mass is 9.32. The van der Waals surface area contributed by atoms with Gasteiger partial charge in [0.2, 0.25) is 0 Å². The van der Waals surface area contributed by atoms with E-state index in [1.807, 2.05) is 0 Å². The summed E-state index contributed by atoms with van der Waals surface area (Å²) < 4.78 is 5.57. The maximum Gasteiger partial charge on any atom is 0.309 e. The Hall–Kier alpha value is -1.36. The fourth-order valence-electron chi connectivity index (χ4n) is 11.8. The summed E-state index contributed by atoms with van der Waals surface area (Å²) in [6.07, 6.45) is 9.17. The molecular weight excluding hydrogens is 464 g/mol. The van der Waals surface area contributed by atoms with E-state index < -0.39 is 22.9 Å². The predicted octanol–water partition coefficient (Wildman–Crippen LogP) is 6.63. The number of esters is 1. The Balaban J connectivity index is 1.53. The molecule has 0 heterocycles. The fraction of sp³-hybridized carbons (Fsp3) is 0.875. The lowest BCUT2D eigenvalue weighted by Crippen LogP contribution is -2.67. The van der Waals surface area contributed by atoms with Crippen molar-refractivity contribution in [3.8, 4) is 0 Å². The Bertz CT molecular complexity index is 990. The van der Waals surface area contributed by atoms with E-state index in [9.17, 15) is 19.8 Å². The summed E-state index contributed by atoms with van der Waals surface area (Å²) in [6.45, 7) is 17.9. The number of aliphatic hydroxyl groups excluding tert-OH is 1. The van der Waals surface area contributed by atoms with E-state index in [4.69, 9.17) is 4.74 Å². The standard InChI is InChI=1S/C32H50O5/c1-19(2)21-10-15-32(27(35)36)17-16-30(6)22(26(21)32)8-9-24-28(4)13-12-25(34)29(5,18-37-20(3)33)23(28)11-14-31(24,30)7/h21-26,34H,1,8-18H2,2-7H3,(H,35,36)/t21-,22?,23+,24+,25?,26+,28-,29?,30+,31+,32-/m0/s1. The van der Waals surface area contributed by atoms with Crippen molar-refractivity contribution in [1.82, 2.24) is 0 Å². The summed E-state index contributed by atoms with van der Waals surface area (Å²) >= 11 is 0. The van der Waals surface area contributed by atoms with Gasteiger partial charge in [-0.15, -0.1) is 0 Å². The lowest BCUT2D eigenvalue weighted by molar-refractivity contribution is -0.255. The third kappa shape index (κ3) is 3.44. The molecule has 5 saturated carbocycles. The maximum atomic E-state index is 12.8. The van der Waals surface area contributed by atoms with Crippen LogP contribution in [0.3, 0.4) is 0 Å². The monoisotopic (exact) mass is 514 g/mol. The number of carboxylic acids is 1. The number of allylic oxidation sites excluding steroid dienone is 1. The summed E-state index contributed by atoms with van der Waals surface area (Å²) in [7, 11) is 0. The van der Waals surface area contributed by atoms with E-state index in [0.717, 1.165) is 64.2 Å². The number of carbonyl (C=O) groups excluding carboxylic acids is 1. The molecule has 37 heavy (non-hydrogen) atoms. The van der Waals surface area contributed by atoms with Crippen LogP contribution in [-0.4, -0.2) is 34.9 Å². The average Bonchev–Trinajstić information content (AvgIpc) is 3.22. The van der Waals surface area contributed by atoms with Gasteiger partial charge < -0.3 is 14.9 Å². The van der Waals surface area contributed by atoms with Crippen molar-refractivity contribution in [2.75, 3.05) is 6.61 Å². The second-order valence-corrected chi connectivity index (χ2v) is 15.0. The van der Waals surface area contributed by atoms with Crippen LogP contribution in [0.5, 0.6) is 0 Å². The van der Waals surface area contributed by atoms with Crippen molar-refractivity contribution < 1.29 is 24.5 Å². The summed E-state index contributed by atoms with van der Waals surface area (Å²) in [4.78, 5) is 24.6. The molecule has 0 saturated heterocycles. The minimum absolute atomic E-state index is 0.0693. The number of rotatable bonds is 4. The molecule has 5 aliphatic rings. The zero-order valence-corrected chi connectivity index (χ0v) is 24.1. The van der Waals surface area contributed by atoms with Gasteiger partial charge >= 0.3 is 11.9 Å². The molecule has 0 aromatic heterocycles. The molecule has 5 nitrogen and oxygen atoms in total. The normalized spacial score (nSPS) is 52.7. The molecule has 0 aliphatic heterocycles.